The van der Waals surface area contributed by atoms with Crippen molar-refractivity contribution < 1.29 is 13.5 Å². The Labute approximate surface area is 155 Å². The molecule has 1 aromatic carbocycles. The fraction of sp³-hybridized carbons (Fsp3) is 0.263. The van der Waals surface area contributed by atoms with Crippen LogP contribution in [0.1, 0.15) is 23.4 Å². The zero-order chi connectivity index (χ0) is 18.8. The van der Waals surface area contributed by atoms with Gasteiger partial charge >= 0.3 is 0 Å². The maximum atomic E-state index is 12.7. The highest BCUT2D eigenvalue weighted by Crippen LogP contribution is 2.23. The van der Waals surface area contributed by atoms with Crippen molar-refractivity contribution in [2.75, 3.05) is 18.0 Å². The molecule has 0 aliphatic carbocycles. The quantitative estimate of drug-likeness (QED) is 0.665. The van der Waals surface area contributed by atoms with E-state index < -0.39 is 6.43 Å². The second-order valence-corrected chi connectivity index (χ2v) is 6.26. The molecule has 27 heavy (non-hydrogen) atoms. The molecule has 1 aliphatic heterocycles. The number of halogens is 2. The van der Waals surface area contributed by atoms with Gasteiger partial charge in [-0.1, -0.05) is 17.3 Å². The van der Waals surface area contributed by atoms with Gasteiger partial charge < -0.3 is 9.64 Å². The largest absolute Gasteiger partial charge is 0.471 e. The Balaban J connectivity index is 1.48. The van der Waals surface area contributed by atoms with E-state index in [0.717, 1.165) is 24.5 Å². The Bertz CT molecular complexity index is 905. The number of hydrogen-bond donors (Lipinski definition) is 0. The molecule has 8 heteroatoms. The summed E-state index contributed by atoms with van der Waals surface area (Å²) in [5.74, 6) is 0.503. The van der Waals surface area contributed by atoms with Gasteiger partial charge in [-0.3, -0.25) is 0 Å². The van der Waals surface area contributed by atoms with Crippen LogP contribution in [0.2, 0.25) is 0 Å². The third kappa shape index (κ3) is 3.60. The molecule has 1 saturated heterocycles. The molecular formula is C19H18F2N5O. The first-order valence-electron chi connectivity index (χ1n) is 8.57. The molecule has 1 aliphatic rings. The fourth-order valence-corrected chi connectivity index (χ4v) is 2.77. The van der Waals surface area contributed by atoms with Crippen LogP contribution >= 0.6 is 0 Å². The predicted molar refractivity (Wildman–Crippen MR) is 96.1 cm³/mol. The van der Waals surface area contributed by atoms with Gasteiger partial charge in [-0.25, -0.2) is 18.4 Å². The lowest BCUT2D eigenvalue weighted by Gasteiger charge is -2.32. The molecular weight excluding hydrogens is 352 g/mol. The number of nitrogens with zero attached hydrogens (tertiary/aromatic N) is 5. The molecule has 139 valence electrons. The number of pyridine rings is 1. The van der Waals surface area contributed by atoms with Crippen LogP contribution in [0.15, 0.2) is 42.6 Å². The van der Waals surface area contributed by atoms with Crippen LogP contribution < -0.4 is 9.64 Å². The van der Waals surface area contributed by atoms with E-state index in [1.807, 2.05) is 19.1 Å². The second-order valence-electron chi connectivity index (χ2n) is 6.26. The number of anilines is 1. The van der Waals surface area contributed by atoms with Gasteiger partial charge in [-0.05, 0) is 25.1 Å². The number of alkyl halides is 2. The average Bonchev–Trinajstić information content (AvgIpc) is 3.00. The lowest BCUT2D eigenvalue weighted by atomic mass is 10.2. The van der Waals surface area contributed by atoms with Gasteiger partial charge in [0.15, 0.2) is 0 Å². The minimum atomic E-state index is -2.50. The van der Waals surface area contributed by atoms with Crippen molar-refractivity contribution in [2.45, 2.75) is 20.0 Å². The molecule has 3 aromatic rings. The number of aromatic nitrogens is 4. The summed E-state index contributed by atoms with van der Waals surface area (Å²) in [5.41, 5.74) is 3.13. The van der Waals surface area contributed by atoms with Crippen LogP contribution in [0.4, 0.5) is 14.5 Å². The van der Waals surface area contributed by atoms with Crippen LogP contribution in [-0.2, 0) is 6.61 Å². The normalized spacial score (nSPS) is 13.7. The standard InChI is InChI=1S/C19H18F2N5O/c1-13-17(12-27-18-8-7-16(11-22-18)25-9-2-10-25)26(24-23-13)15-5-3-14(4-6-15)19(20)21/h2-8,11,19H,9-10,12H2,1H3. The van der Waals surface area contributed by atoms with Crippen molar-refractivity contribution in [3.8, 4) is 11.6 Å². The molecule has 0 N–H and O–H groups in total. The SMILES string of the molecule is Cc1nnn(-c2ccc(C(F)F)cc2)c1COc1ccc(N2C[CH]C2)cn1. The van der Waals surface area contributed by atoms with Crippen LogP contribution in [0.5, 0.6) is 5.88 Å². The highest BCUT2D eigenvalue weighted by molar-refractivity contribution is 5.49. The molecule has 0 bridgehead atoms. The van der Waals surface area contributed by atoms with Crippen LogP contribution in [0.25, 0.3) is 5.69 Å². The Kier molecular flexibility index (Phi) is 4.70. The van der Waals surface area contributed by atoms with Crippen LogP contribution in [0, 0.1) is 13.3 Å². The van der Waals surface area contributed by atoms with Crippen molar-refractivity contribution >= 4 is 5.69 Å². The minimum absolute atomic E-state index is 0.0301. The van der Waals surface area contributed by atoms with E-state index in [2.05, 4.69) is 26.6 Å². The highest BCUT2D eigenvalue weighted by Gasteiger charge is 2.16. The zero-order valence-corrected chi connectivity index (χ0v) is 14.7. The highest BCUT2D eigenvalue weighted by atomic mass is 19.3. The smallest absolute Gasteiger partial charge is 0.263 e. The average molecular weight is 370 g/mol. The van der Waals surface area contributed by atoms with E-state index in [4.69, 9.17) is 4.74 Å². The zero-order valence-electron chi connectivity index (χ0n) is 14.7. The summed E-state index contributed by atoms with van der Waals surface area (Å²) in [4.78, 5) is 6.53. The molecule has 0 atom stereocenters. The first kappa shape index (κ1) is 17.4. The maximum absolute atomic E-state index is 12.7. The molecule has 3 heterocycles. The third-order valence-corrected chi connectivity index (χ3v) is 4.49. The monoisotopic (exact) mass is 370 g/mol. The van der Waals surface area contributed by atoms with E-state index in [0.29, 0.717) is 17.3 Å². The van der Waals surface area contributed by atoms with Crippen LogP contribution in [-0.4, -0.2) is 33.1 Å². The Morgan fingerprint density at radius 2 is 1.81 bits per heavy atom. The lowest BCUT2D eigenvalue weighted by molar-refractivity contribution is 0.151. The summed E-state index contributed by atoms with van der Waals surface area (Å²) in [6.45, 7) is 3.93. The fourth-order valence-electron chi connectivity index (χ4n) is 2.77. The molecule has 4 rings (SSSR count). The van der Waals surface area contributed by atoms with Gasteiger partial charge in [0.25, 0.3) is 6.43 Å². The summed E-state index contributed by atoms with van der Waals surface area (Å²) in [6, 6.07) is 9.76. The van der Waals surface area contributed by atoms with Crippen molar-refractivity contribution in [2.24, 2.45) is 0 Å². The first-order chi connectivity index (χ1) is 13.1. The van der Waals surface area contributed by atoms with Gasteiger partial charge in [0.05, 0.1) is 23.3 Å². The van der Waals surface area contributed by atoms with E-state index >= 15 is 0 Å². The topological polar surface area (TPSA) is 56.1 Å². The Morgan fingerprint density at radius 1 is 1.07 bits per heavy atom. The van der Waals surface area contributed by atoms with E-state index in [-0.39, 0.29) is 12.2 Å². The van der Waals surface area contributed by atoms with Gasteiger partial charge in [0.2, 0.25) is 5.88 Å². The van der Waals surface area contributed by atoms with Gasteiger partial charge in [-0.15, -0.1) is 5.10 Å². The molecule has 1 fully saturated rings. The van der Waals surface area contributed by atoms with Crippen molar-refractivity contribution in [3.63, 3.8) is 0 Å². The molecule has 0 unspecified atom stereocenters. The van der Waals surface area contributed by atoms with E-state index in [1.54, 1.807) is 23.0 Å². The maximum Gasteiger partial charge on any atom is 0.263 e. The summed E-state index contributed by atoms with van der Waals surface area (Å²) in [7, 11) is 0. The van der Waals surface area contributed by atoms with Crippen molar-refractivity contribution in [1.82, 2.24) is 20.0 Å². The first-order valence-corrected chi connectivity index (χ1v) is 8.57. The summed E-state index contributed by atoms with van der Waals surface area (Å²) in [5, 5.41) is 8.17. The molecule has 6 nitrogen and oxygen atoms in total. The Hall–Kier alpha value is -3.03. The lowest BCUT2D eigenvalue weighted by Crippen LogP contribution is -2.37. The summed E-state index contributed by atoms with van der Waals surface area (Å²) in [6.07, 6.45) is 1.48. The Morgan fingerprint density at radius 3 is 2.41 bits per heavy atom. The van der Waals surface area contributed by atoms with Crippen molar-refractivity contribution in [1.29, 1.82) is 0 Å². The van der Waals surface area contributed by atoms with Gasteiger partial charge in [-0.2, -0.15) is 0 Å². The number of aryl methyl sites for hydroxylation is 1. The molecule has 0 amide bonds. The molecule has 0 saturated carbocycles. The van der Waals surface area contributed by atoms with Gasteiger partial charge in [0.1, 0.15) is 12.3 Å². The van der Waals surface area contributed by atoms with Crippen LogP contribution in [0.3, 0.4) is 0 Å². The summed E-state index contributed by atoms with van der Waals surface area (Å²) < 4.78 is 32.8. The van der Waals surface area contributed by atoms with E-state index in [9.17, 15) is 8.78 Å². The molecule has 0 spiro atoms. The number of ether oxygens (including phenoxy) is 1. The van der Waals surface area contributed by atoms with E-state index in [1.165, 1.54) is 12.1 Å². The summed E-state index contributed by atoms with van der Waals surface area (Å²) >= 11 is 0. The van der Waals surface area contributed by atoms with Crippen molar-refractivity contribution in [3.05, 3.63) is 66.0 Å². The molecule has 2 aromatic heterocycles. The molecule has 1 radical (unpaired) electrons. The minimum Gasteiger partial charge on any atom is -0.471 e. The predicted octanol–water partition coefficient (Wildman–Crippen LogP) is 3.51. The second kappa shape index (κ2) is 7.30. The number of hydrogen-bond acceptors (Lipinski definition) is 5. The van der Waals surface area contributed by atoms with Gasteiger partial charge in [0, 0.05) is 31.1 Å². The third-order valence-electron chi connectivity index (χ3n) is 4.49. The number of rotatable bonds is 6. The number of benzene rings is 1.